The Kier molecular flexibility index (Phi) is 2.82. The van der Waals surface area contributed by atoms with E-state index in [1.807, 2.05) is 19.1 Å². The van der Waals surface area contributed by atoms with Crippen LogP contribution in [0.2, 0.25) is 0 Å². The fraction of sp³-hybridized carbons (Fsp3) is 0.200. The molecule has 0 spiro atoms. The summed E-state index contributed by atoms with van der Waals surface area (Å²) in [6.45, 7) is 9.42. The maximum atomic E-state index is 11.4. The average Bonchev–Trinajstić information content (AvgIpc) is 2.28. The van der Waals surface area contributed by atoms with Crippen LogP contribution in [0.1, 0.15) is 6.92 Å². The first-order valence-corrected chi connectivity index (χ1v) is 5.08. The van der Waals surface area contributed by atoms with Crippen molar-refractivity contribution in [3.05, 3.63) is 47.4 Å². The molecule has 0 saturated carbocycles. The number of hydrogen-bond donors (Lipinski definition) is 0. The molecule has 0 saturated heterocycles. The molecule has 0 amide bonds. The van der Waals surface area contributed by atoms with Gasteiger partial charge >= 0.3 is 0 Å². The zero-order chi connectivity index (χ0) is 9.14. The molecule has 1 aliphatic rings. The second kappa shape index (κ2) is 3.68. The molecule has 1 nitrogen and oxygen atoms in total. The Morgan fingerprint density at radius 1 is 1.58 bits per heavy atom. The second-order valence-electron chi connectivity index (χ2n) is 2.58. The summed E-state index contributed by atoms with van der Waals surface area (Å²) in [6.07, 6.45) is 5.51. The minimum absolute atomic E-state index is 0.557. The van der Waals surface area contributed by atoms with Gasteiger partial charge in [0.05, 0.1) is 16.6 Å². The fourth-order valence-corrected chi connectivity index (χ4v) is 2.45. The van der Waals surface area contributed by atoms with Gasteiger partial charge in [-0.25, -0.2) is 0 Å². The van der Waals surface area contributed by atoms with Crippen LogP contribution in [-0.4, -0.2) is 9.96 Å². The van der Waals surface area contributed by atoms with Crippen LogP contribution in [0.3, 0.4) is 0 Å². The summed E-state index contributed by atoms with van der Waals surface area (Å²) >= 11 is 0. The highest BCUT2D eigenvalue weighted by atomic mass is 32.2. The van der Waals surface area contributed by atoms with Crippen LogP contribution < -0.4 is 0 Å². The first-order valence-electron chi connectivity index (χ1n) is 3.76. The van der Waals surface area contributed by atoms with E-state index >= 15 is 0 Å². The summed E-state index contributed by atoms with van der Waals surface area (Å²) < 4.78 is 11.4. The van der Waals surface area contributed by atoms with E-state index in [0.717, 1.165) is 16.1 Å². The predicted octanol–water partition coefficient (Wildman–Crippen LogP) is 2.32. The lowest BCUT2D eigenvalue weighted by atomic mass is 10.1. The fourth-order valence-electron chi connectivity index (χ4n) is 1.18. The number of allylic oxidation sites excluding steroid dienone is 4. The molecule has 1 aliphatic heterocycles. The Bertz CT molecular complexity index is 308. The first kappa shape index (κ1) is 9.20. The highest BCUT2D eigenvalue weighted by Crippen LogP contribution is 2.27. The molecule has 64 valence electrons. The lowest BCUT2D eigenvalue weighted by Gasteiger charge is -1.94. The van der Waals surface area contributed by atoms with Crippen LogP contribution in [-0.2, 0) is 10.8 Å². The zero-order valence-electron chi connectivity index (χ0n) is 7.17. The van der Waals surface area contributed by atoms with Crippen molar-refractivity contribution in [2.75, 3.05) is 5.75 Å². The number of rotatable bonds is 2. The molecule has 1 rings (SSSR count). The minimum Gasteiger partial charge on any atom is -0.254 e. The van der Waals surface area contributed by atoms with Crippen LogP contribution in [0.4, 0.5) is 0 Å². The lowest BCUT2D eigenvalue weighted by molar-refractivity contribution is 0.689. The quantitative estimate of drug-likeness (QED) is 0.637. The van der Waals surface area contributed by atoms with Crippen molar-refractivity contribution < 1.29 is 4.21 Å². The van der Waals surface area contributed by atoms with Gasteiger partial charge in [-0.05, 0) is 18.1 Å². The number of hydrogen-bond acceptors (Lipinski definition) is 1. The van der Waals surface area contributed by atoms with Gasteiger partial charge in [0, 0.05) is 4.91 Å². The van der Waals surface area contributed by atoms with Crippen LogP contribution in [0.5, 0.6) is 0 Å². The van der Waals surface area contributed by atoms with Gasteiger partial charge in [0.2, 0.25) is 0 Å². The molecule has 0 fully saturated rings. The molecule has 0 aliphatic carbocycles. The van der Waals surface area contributed by atoms with E-state index in [1.165, 1.54) is 0 Å². The van der Waals surface area contributed by atoms with E-state index in [1.54, 1.807) is 6.08 Å². The predicted molar refractivity (Wildman–Crippen MR) is 54.2 cm³/mol. The molecule has 0 bridgehead atoms. The van der Waals surface area contributed by atoms with Crippen molar-refractivity contribution in [1.82, 2.24) is 0 Å². The van der Waals surface area contributed by atoms with E-state index in [0.29, 0.717) is 5.75 Å². The largest absolute Gasteiger partial charge is 0.254 e. The minimum atomic E-state index is -0.912. The molecule has 0 aromatic carbocycles. The van der Waals surface area contributed by atoms with Crippen LogP contribution in [0, 0.1) is 0 Å². The molecular formula is C10H12OS. The highest BCUT2D eigenvalue weighted by molar-refractivity contribution is 7.89. The van der Waals surface area contributed by atoms with Gasteiger partial charge in [-0.2, -0.15) is 0 Å². The van der Waals surface area contributed by atoms with Crippen molar-refractivity contribution in [1.29, 1.82) is 0 Å². The third kappa shape index (κ3) is 1.48. The summed E-state index contributed by atoms with van der Waals surface area (Å²) in [5.74, 6) is 0.557. The summed E-state index contributed by atoms with van der Waals surface area (Å²) in [6, 6.07) is 0. The summed E-state index contributed by atoms with van der Waals surface area (Å²) in [5.41, 5.74) is 1.94. The summed E-state index contributed by atoms with van der Waals surface area (Å²) in [5, 5.41) is 0. The van der Waals surface area contributed by atoms with Crippen molar-refractivity contribution >= 4 is 10.8 Å². The molecule has 1 atom stereocenters. The Morgan fingerprint density at radius 2 is 2.25 bits per heavy atom. The molecule has 0 aromatic heterocycles. The third-order valence-corrected chi connectivity index (χ3v) is 3.20. The first-order chi connectivity index (χ1) is 5.70. The van der Waals surface area contributed by atoms with Gasteiger partial charge in [0.1, 0.15) is 0 Å². The van der Waals surface area contributed by atoms with Crippen LogP contribution in [0.15, 0.2) is 47.4 Å². The molecule has 2 heteroatoms. The molecule has 0 N–H and O–H groups in total. The second-order valence-corrected chi connectivity index (χ2v) is 4.00. The van der Waals surface area contributed by atoms with Crippen molar-refractivity contribution in [2.45, 2.75) is 6.92 Å². The van der Waals surface area contributed by atoms with Crippen LogP contribution in [0.25, 0.3) is 0 Å². The monoisotopic (exact) mass is 180 g/mol. The van der Waals surface area contributed by atoms with Gasteiger partial charge in [0.25, 0.3) is 0 Å². The van der Waals surface area contributed by atoms with Crippen LogP contribution >= 0.6 is 0 Å². The van der Waals surface area contributed by atoms with E-state index in [9.17, 15) is 4.21 Å². The average molecular weight is 180 g/mol. The van der Waals surface area contributed by atoms with Gasteiger partial charge in [-0.1, -0.05) is 31.4 Å². The maximum absolute atomic E-state index is 11.4. The Balaban J connectivity index is 3.18. The lowest BCUT2D eigenvalue weighted by Crippen LogP contribution is -1.89. The highest BCUT2D eigenvalue weighted by Gasteiger charge is 2.20. The normalized spacial score (nSPS) is 24.1. The molecule has 0 radical (unpaired) electrons. The SMILES string of the molecule is C=CC1=C(/C=C\C)C(=C)CS1=O. The molecular weight excluding hydrogens is 168 g/mol. The Hall–Kier alpha value is -0.890. The smallest absolute Gasteiger partial charge is 0.0580 e. The van der Waals surface area contributed by atoms with Gasteiger partial charge in [-0.3, -0.25) is 4.21 Å². The zero-order valence-corrected chi connectivity index (χ0v) is 7.99. The summed E-state index contributed by atoms with van der Waals surface area (Å²) in [7, 11) is -0.912. The molecule has 1 heterocycles. The standard InChI is InChI=1S/C10H12OS/c1-4-6-9-8(3)7-12(11)10(9)5-2/h4-6H,2-3,7H2,1H3/b6-4-. The third-order valence-electron chi connectivity index (χ3n) is 1.72. The van der Waals surface area contributed by atoms with E-state index in [4.69, 9.17) is 0 Å². The van der Waals surface area contributed by atoms with E-state index < -0.39 is 10.8 Å². The molecule has 0 aromatic rings. The van der Waals surface area contributed by atoms with E-state index in [-0.39, 0.29) is 0 Å². The van der Waals surface area contributed by atoms with Gasteiger partial charge < -0.3 is 0 Å². The van der Waals surface area contributed by atoms with Crippen molar-refractivity contribution in [3.8, 4) is 0 Å². The topological polar surface area (TPSA) is 17.1 Å². The summed E-state index contributed by atoms with van der Waals surface area (Å²) in [4.78, 5) is 0.818. The van der Waals surface area contributed by atoms with Crippen molar-refractivity contribution in [3.63, 3.8) is 0 Å². The van der Waals surface area contributed by atoms with Crippen molar-refractivity contribution in [2.24, 2.45) is 0 Å². The maximum Gasteiger partial charge on any atom is 0.0580 e. The Morgan fingerprint density at radius 3 is 2.75 bits per heavy atom. The van der Waals surface area contributed by atoms with Gasteiger partial charge in [-0.15, -0.1) is 0 Å². The molecule has 12 heavy (non-hydrogen) atoms. The molecule has 1 unspecified atom stereocenters. The van der Waals surface area contributed by atoms with Gasteiger partial charge in [0.15, 0.2) is 0 Å². The Labute approximate surface area is 75.6 Å². The van der Waals surface area contributed by atoms with E-state index in [2.05, 4.69) is 13.2 Å².